The van der Waals surface area contributed by atoms with Gasteiger partial charge in [-0.3, -0.25) is 0 Å². The molecule has 11 rings (SSSR count). The lowest BCUT2D eigenvalue weighted by atomic mass is 9.82. The van der Waals surface area contributed by atoms with Crippen LogP contribution in [0.1, 0.15) is 25.0 Å². The van der Waals surface area contributed by atoms with Gasteiger partial charge in [-0.25, -0.2) is 0 Å². The highest BCUT2D eigenvalue weighted by atomic mass is 32.1. The Labute approximate surface area is 325 Å². The Kier molecular flexibility index (Phi) is 7.14. The smallest absolute Gasteiger partial charge is 0.0540 e. The second-order valence-corrected chi connectivity index (χ2v) is 16.4. The maximum atomic E-state index is 2.46. The van der Waals surface area contributed by atoms with Gasteiger partial charge in [0.05, 0.1) is 5.69 Å². The molecule has 0 unspecified atom stereocenters. The zero-order valence-electron chi connectivity index (χ0n) is 30.8. The Morgan fingerprint density at radius 1 is 0.400 bits per heavy atom. The van der Waals surface area contributed by atoms with Crippen molar-refractivity contribution >= 4 is 70.1 Å². The normalized spacial score (nSPS) is 13.1. The van der Waals surface area contributed by atoms with E-state index in [1.807, 2.05) is 11.3 Å². The minimum absolute atomic E-state index is 0.107. The molecule has 9 aromatic carbocycles. The number of hydrogen-bond donors (Lipinski definition) is 0. The average molecular weight is 720 g/mol. The van der Waals surface area contributed by atoms with E-state index in [0.717, 1.165) is 17.1 Å². The molecule has 1 aliphatic carbocycles. The van der Waals surface area contributed by atoms with Crippen molar-refractivity contribution < 1.29 is 0 Å². The number of hydrogen-bond acceptors (Lipinski definition) is 2. The first-order valence-electron chi connectivity index (χ1n) is 19.1. The molecule has 1 aliphatic rings. The van der Waals surface area contributed by atoms with Crippen LogP contribution in [0.2, 0.25) is 0 Å². The van der Waals surface area contributed by atoms with Crippen molar-refractivity contribution in [3.63, 3.8) is 0 Å². The Morgan fingerprint density at radius 3 is 1.89 bits per heavy atom. The van der Waals surface area contributed by atoms with Crippen molar-refractivity contribution in [3.8, 4) is 33.4 Å². The van der Waals surface area contributed by atoms with Gasteiger partial charge in [0.25, 0.3) is 0 Å². The average Bonchev–Trinajstić information content (AvgIpc) is 3.73. The fourth-order valence-electron chi connectivity index (χ4n) is 9.14. The van der Waals surface area contributed by atoms with Gasteiger partial charge >= 0.3 is 0 Å². The summed E-state index contributed by atoms with van der Waals surface area (Å²) in [6.45, 7) is 4.72. The van der Waals surface area contributed by atoms with Gasteiger partial charge in [-0.15, -0.1) is 11.3 Å². The summed E-state index contributed by atoms with van der Waals surface area (Å²) >= 11 is 1.88. The van der Waals surface area contributed by atoms with Gasteiger partial charge in [-0.1, -0.05) is 159 Å². The van der Waals surface area contributed by atoms with E-state index in [9.17, 15) is 0 Å². The number of nitrogens with zero attached hydrogens (tertiary/aromatic N) is 1. The predicted molar refractivity (Wildman–Crippen MR) is 237 cm³/mol. The summed E-state index contributed by atoms with van der Waals surface area (Å²) in [5.41, 5.74) is 13.6. The van der Waals surface area contributed by atoms with Gasteiger partial charge in [-0.05, 0) is 103 Å². The lowest BCUT2D eigenvalue weighted by Gasteiger charge is -2.30. The summed E-state index contributed by atoms with van der Waals surface area (Å²) in [4.78, 5) is 2.46. The quantitative estimate of drug-likeness (QED) is 0.171. The van der Waals surface area contributed by atoms with Gasteiger partial charge in [0.2, 0.25) is 0 Å². The van der Waals surface area contributed by atoms with E-state index in [2.05, 4.69) is 207 Å². The minimum Gasteiger partial charge on any atom is -0.310 e. The van der Waals surface area contributed by atoms with E-state index in [1.54, 1.807) is 0 Å². The molecule has 0 N–H and O–H groups in total. The van der Waals surface area contributed by atoms with Crippen LogP contribution in [0.3, 0.4) is 0 Å². The molecule has 10 aromatic rings. The predicted octanol–water partition coefficient (Wildman–Crippen LogP) is 15.5. The largest absolute Gasteiger partial charge is 0.310 e. The highest BCUT2D eigenvalue weighted by molar-refractivity contribution is 7.26. The molecule has 0 saturated carbocycles. The first-order chi connectivity index (χ1) is 27.0. The van der Waals surface area contributed by atoms with Gasteiger partial charge in [-0.2, -0.15) is 0 Å². The first-order valence-corrected chi connectivity index (χ1v) is 19.9. The Bertz CT molecular complexity index is 3120. The van der Waals surface area contributed by atoms with Crippen LogP contribution < -0.4 is 4.90 Å². The van der Waals surface area contributed by atoms with E-state index in [-0.39, 0.29) is 5.41 Å². The molecule has 0 fully saturated rings. The highest BCUT2D eigenvalue weighted by Gasteiger charge is 2.36. The van der Waals surface area contributed by atoms with Crippen molar-refractivity contribution in [3.05, 3.63) is 199 Å². The molecule has 1 aromatic heterocycles. The number of rotatable bonds is 5. The molecule has 0 bridgehead atoms. The zero-order chi connectivity index (χ0) is 36.7. The summed E-state index contributed by atoms with van der Waals surface area (Å²) in [6.07, 6.45) is 0. The van der Waals surface area contributed by atoms with E-state index in [4.69, 9.17) is 0 Å². The zero-order valence-corrected chi connectivity index (χ0v) is 31.6. The molecular formula is C53H37NS. The molecule has 55 heavy (non-hydrogen) atoms. The highest BCUT2D eigenvalue weighted by Crippen LogP contribution is 2.51. The van der Waals surface area contributed by atoms with E-state index < -0.39 is 0 Å². The van der Waals surface area contributed by atoms with Crippen molar-refractivity contribution in [2.45, 2.75) is 19.3 Å². The minimum atomic E-state index is -0.107. The van der Waals surface area contributed by atoms with Crippen LogP contribution in [0.4, 0.5) is 17.1 Å². The van der Waals surface area contributed by atoms with Crippen molar-refractivity contribution in [2.24, 2.45) is 0 Å². The molecule has 1 nitrogen and oxygen atoms in total. The fourth-order valence-corrected chi connectivity index (χ4v) is 10.3. The number of thiophene rings is 1. The summed E-state index contributed by atoms with van der Waals surface area (Å²) in [6, 6.07) is 69.6. The van der Waals surface area contributed by atoms with Crippen LogP contribution in [0.5, 0.6) is 0 Å². The van der Waals surface area contributed by atoms with Crippen molar-refractivity contribution in [1.82, 2.24) is 0 Å². The number of anilines is 3. The maximum absolute atomic E-state index is 2.46. The van der Waals surface area contributed by atoms with Gasteiger partial charge in [0.15, 0.2) is 0 Å². The Hall–Kier alpha value is -6.48. The second kappa shape index (κ2) is 12.3. The van der Waals surface area contributed by atoms with Crippen LogP contribution in [-0.2, 0) is 5.41 Å². The molecule has 260 valence electrons. The van der Waals surface area contributed by atoms with Gasteiger partial charge in [0.1, 0.15) is 0 Å². The fraction of sp³-hybridized carbons (Fsp3) is 0.0566. The van der Waals surface area contributed by atoms with E-state index in [0.29, 0.717) is 0 Å². The SMILES string of the molecule is CC1(C)c2ccccc2-c2ccc(N(c3ccc(-c4ccc5c(c4)sc4ccc6ccccc6c45)cc3)c3ccccc3-c3cccc4ccccc34)cc21. The third-order valence-corrected chi connectivity index (χ3v) is 13.0. The topological polar surface area (TPSA) is 3.24 Å². The molecule has 1 heterocycles. The molecule has 0 aliphatic heterocycles. The Morgan fingerprint density at radius 2 is 1.04 bits per heavy atom. The number of benzene rings is 9. The number of para-hydroxylation sites is 1. The molecule has 0 spiro atoms. The molecular weight excluding hydrogens is 683 g/mol. The second-order valence-electron chi connectivity index (χ2n) is 15.3. The monoisotopic (exact) mass is 719 g/mol. The summed E-state index contributed by atoms with van der Waals surface area (Å²) in [5.74, 6) is 0. The maximum Gasteiger partial charge on any atom is 0.0540 e. The molecule has 0 saturated heterocycles. The molecule has 0 radical (unpaired) electrons. The third kappa shape index (κ3) is 4.99. The molecule has 0 atom stereocenters. The first kappa shape index (κ1) is 32.0. The summed E-state index contributed by atoms with van der Waals surface area (Å²) in [7, 11) is 0. The van der Waals surface area contributed by atoms with Crippen LogP contribution in [-0.4, -0.2) is 0 Å². The third-order valence-electron chi connectivity index (χ3n) is 11.9. The van der Waals surface area contributed by atoms with Gasteiger partial charge in [0, 0.05) is 42.5 Å². The van der Waals surface area contributed by atoms with Crippen LogP contribution in [0, 0.1) is 0 Å². The molecule has 0 amide bonds. The van der Waals surface area contributed by atoms with Crippen LogP contribution >= 0.6 is 11.3 Å². The van der Waals surface area contributed by atoms with Crippen LogP contribution in [0.25, 0.3) is 75.1 Å². The van der Waals surface area contributed by atoms with E-state index in [1.165, 1.54) is 86.2 Å². The lowest BCUT2D eigenvalue weighted by Crippen LogP contribution is -2.16. The number of fused-ring (bicyclic) bond motifs is 9. The summed E-state index contributed by atoms with van der Waals surface area (Å²) in [5, 5.41) is 7.80. The van der Waals surface area contributed by atoms with Crippen molar-refractivity contribution in [1.29, 1.82) is 0 Å². The van der Waals surface area contributed by atoms with E-state index >= 15 is 0 Å². The molecule has 2 heteroatoms. The summed E-state index contributed by atoms with van der Waals surface area (Å²) < 4.78 is 2.66. The Balaban J connectivity index is 1.06. The lowest BCUT2D eigenvalue weighted by molar-refractivity contribution is 0.660. The van der Waals surface area contributed by atoms with Crippen molar-refractivity contribution in [2.75, 3.05) is 4.90 Å². The van der Waals surface area contributed by atoms with Gasteiger partial charge < -0.3 is 4.90 Å². The van der Waals surface area contributed by atoms with Crippen LogP contribution in [0.15, 0.2) is 188 Å². The standard InChI is InChI=1S/C53H37NS/c1-53(2)47-20-9-7-17-43(47)44-30-28-39(33-48(44)53)54(49-21-10-8-18-45(49)42-19-11-14-35-12-3-5-15-40(35)42)38-26-22-34(23-27-38)37-24-29-46-51(32-37)55-50-31-25-36-13-4-6-16-41(36)52(46)50/h3-33H,1-2H3.